The number of nitrogens with one attached hydrogen (secondary N) is 1. The molecule has 1 aliphatic heterocycles. The molecule has 5 aromatic rings. The summed E-state index contributed by atoms with van der Waals surface area (Å²) in [5, 5.41) is 14.0. The van der Waals surface area contributed by atoms with Crippen LogP contribution in [0.5, 0.6) is 17.2 Å². The smallest absolute Gasteiger partial charge is 0.424 e. The van der Waals surface area contributed by atoms with Gasteiger partial charge < -0.3 is 25.6 Å². The number of carbonyl (C=O) groups excluding carboxylic acids is 2. The number of aliphatic hydroxyl groups is 1. The summed E-state index contributed by atoms with van der Waals surface area (Å²) >= 11 is 0. The zero-order chi connectivity index (χ0) is 33.6. The van der Waals surface area contributed by atoms with E-state index in [1.54, 1.807) is 42.5 Å². The Kier molecular flexibility index (Phi) is 7.80. The van der Waals surface area contributed by atoms with Crippen molar-refractivity contribution < 1.29 is 41.7 Å². The molecule has 0 fully saturated rings. The second kappa shape index (κ2) is 11.7. The van der Waals surface area contributed by atoms with E-state index in [0.29, 0.717) is 16.7 Å². The molecule has 1 aliphatic rings. The Morgan fingerprint density at radius 1 is 1.04 bits per heavy atom. The molecule has 9 nitrogen and oxygen atoms in total. The lowest BCUT2D eigenvalue weighted by Gasteiger charge is -2.31. The van der Waals surface area contributed by atoms with Crippen LogP contribution < -0.4 is 20.5 Å². The lowest BCUT2D eigenvalue weighted by Crippen LogP contribution is -2.51. The van der Waals surface area contributed by atoms with Crippen LogP contribution in [0.2, 0.25) is 0 Å². The number of alkyl halides is 3. The lowest BCUT2D eigenvalue weighted by atomic mass is 9.81. The monoisotopic (exact) mass is 646 g/mol. The largest absolute Gasteiger partial charge is 0.489 e. The molecule has 2 amide bonds. The Balaban J connectivity index is 1.40. The van der Waals surface area contributed by atoms with Crippen molar-refractivity contribution in [2.75, 3.05) is 13.2 Å². The molecule has 0 radical (unpaired) electrons. The topological polar surface area (TPSA) is 137 Å². The van der Waals surface area contributed by atoms with E-state index >= 15 is 0 Å². The molecule has 0 spiro atoms. The number of pyridine rings is 2. The Bertz CT molecular complexity index is 2010. The maximum Gasteiger partial charge on any atom is 0.424 e. The first-order chi connectivity index (χ1) is 22.3. The third kappa shape index (κ3) is 5.69. The molecule has 240 valence electrons. The molecule has 2 atom stereocenters. The molecule has 0 aliphatic carbocycles. The molecular weight excluding hydrogens is 620 g/mol. The van der Waals surface area contributed by atoms with Crippen LogP contribution in [0.25, 0.3) is 22.2 Å². The van der Waals surface area contributed by atoms with Gasteiger partial charge >= 0.3 is 6.18 Å². The van der Waals surface area contributed by atoms with Gasteiger partial charge in [-0.3, -0.25) is 14.6 Å². The fraction of sp³-hybridized carbons (Fsp3) is 0.176. The summed E-state index contributed by atoms with van der Waals surface area (Å²) in [6.07, 6.45) is -3.85. The molecule has 3 aromatic carbocycles. The van der Waals surface area contributed by atoms with Crippen molar-refractivity contribution in [2.45, 2.75) is 24.1 Å². The fourth-order valence-electron chi connectivity index (χ4n) is 5.23. The van der Waals surface area contributed by atoms with Gasteiger partial charge in [0.05, 0.1) is 12.2 Å². The van der Waals surface area contributed by atoms with Crippen LogP contribution in [0.3, 0.4) is 0 Å². The zero-order valence-corrected chi connectivity index (χ0v) is 24.6. The first-order valence-corrected chi connectivity index (χ1v) is 14.2. The Hall–Kier alpha value is -5.56. The number of fused-ring (bicyclic) bond motifs is 2. The summed E-state index contributed by atoms with van der Waals surface area (Å²) in [7, 11) is 0. The maximum absolute atomic E-state index is 14.8. The van der Waals surface area contributed by atoms with Crippen LogP contribution >= 0.6 is 0 Å². The molecule has 0 bridgehead atoms. The molecule has 0 saturated carbocycles. The van der Waals surface area contributed by atoms with Crippen LogP contribution in [0, 0.1) is 5.82 Å². The molecule has 3 heterocycles. The minimum Gasteiger partial charge on any atom is -0.489 e. The van der Waals surface area contributed by atoms with Crippen molar-refractivity contribution >= 4 is 22.7 Å². The number of halogens is 4. The standard InChI is InChI=1S/C34H26F4N4O5/c1-32(31(39)44)18-46-29-24(32)16-26(42-28(29)19-9-11-22(35)12-10-19)33(45,34(36,37)38)17-41-30(43)21-14-20-6-5-13-40-27(20)25(15-21)47-23-7-3-2-4-8-23/h2-16,45H,17-18H2,1H3,(H2,39,44)(H,41,43)/t32-,33-/m0/s1. The average Bonchev–Trinajstić information content (AvgIpc) is 3.41. The summed E-state index contributed by atoms with van der Waals surface area (Å²) in [5.74, 6) is -1.87. The first kappa shape index (κ1) is 31.4. The number of carbonyl (C=O) groups is 2. The van der Waals surface area contributed by atoms with Crippen LogP contribution in [-0.4, -0.2) is 46.2 Å². The van der Waals surface area contributed by atoms with E-state index in [1.165, 1.54) is 37.4 Å². The first-order valence-electron chi connectivity index (χ1n) is 14.2. The Morgan fingerprint density at radius 3 is 2.45 bits per heavy atom. The van der Waals surface area contributed by atoms with Crippen molar-refractivity contribution in [3.05, 3.63) is 114 Å². The van der Waals surface area contributed by atoms with Crippen molar-refractivity contribution in [2.24, 2.45) is 5.73 Å². The number of amides is 2. The van der Waals surface area contributed by atoms with Gasteiger partial charge in [0, 0.05) is 28.3 Å². The predicted molar refractivity (Wildman–Crippen MR) is 162 cm³/mol. The molecule has 6 rings (SSSR count). The van der Waals surface area contributed by atoms with E-state index in [0.717, 1.165) is 18.2 Å². The van der Waals surface area contributed by atoms with Crippen molar-refractivity contribution in [1.82, 2.24) is 15.3 Å². The van der Waals surface area contributed by atoms with Crippen LogP contribution in [0.4, 0.5) is 17.6 Å². The predicted octanol–water partition coefficient (Wildman–Crippen LogP) is 5.54. The number of hydrogen-bond acceptors (Lipinski definition) is 7. The molecule has 47 heavy (non-hydrogen) atoms. The highest BCUT2D eigenvalue weighted by atomic mass is 19.4. The number of aromatic nitrogens is 2. The second-order valence-electron chi connectivity index (χ2n) is 11.2. The third-order valence-electron chi connectivity index (χ3n) is 8.03. The minimum absolute atomic E-state index is 0.0362. The highest BCUT2D eigenvalue weighted by Gasteiger charge is 2.57. The van der Waals surface area contributed by atoms with Crippen LogP contribution in [-0.2, 0) is 15.8 Å². The maximum atomic E-state index is 14.8. The molecule has 0 saturated heterocycles. The Morgan fingerprint density at radius 2 is 1.77 bits per heavy atom. The van der Waals surface area contributed by atoms with Crippen molar-refractivity contribution in [3.63, 3.8) is 0 Å². The van der Waals surface area contributed by atoms with Gasteiger partial charge in [0.25, 0.3) is 5.91 Å². The van der Waals surface area contributed by atoms with E-state index in [2.05, 4.69) is 15.3 Å². The number of ether oxygens (including phenoxy) is 2. The third-order valence-corrected chi connectivity index (χ3v) is 8.03. The van der Waals surface area contributed by atoms with Crippen molar-refractivity contribution in [1.29, 1.82) is 0 Å². The molecule has 2 aromatic heterocycles. The van der Waals surface area contributed by atoms with Gasteiger partial charge in [0.15, 0.2) is 5.75 Å². The van der Waals surface area contributed by atoms with E-state index in [-0.39, 0.29) is 40.5 Å². The van der Waals surface area contributed by atoms with E-state index < -0.39 is 47.1 Å². The number of para-hydroxylation sites is 1. The summed E-state index contributed by atoms with van der Waals surface area (Å²) in [6, 6.07) is 20.3. The zero-order valence-electron chi connectivity index (χ0n) is 24.6. The van der Waals surface area contributed by atoms with E-state index in [9.17, 15) is 32.3 Å². The van der Waals surface area contributed by atoms with Crippen molar-refractivity contribution in [3.8, 4) is 28.5 Å². The van der Waals surface area contributed by atoms with Gasteiger partial charge in [-0.1, -0.05) is 24.3 Å². The van der Waals surface area contributed by atoms with Gasteiger partial charge in [0.2, 0.25) is 11.5 Å². The summed E-state index contributed by atoms with van der Waals surface area (Å²) < 4.78 is 69.8. The van der Waals surface area contributed by atoms with Gasteiger partial charge in [0.1, 0.15) is 40.5 Å². The number of rotatable bonds is 8. The number of primary amides is 1. The van der Waals surface area contributed by atoms with E-state index in [4.69, 9.17) is 15.2 Å². The SMILES string of the molecule is C[C@]1(C(N)=O)COc2c1cc([C@@](O)(CNC(=O)c1cc(Oc3ccccc3)c3ncccc3c1)C(F)(F)F)nc2-c1ccc(F)cc1. The highest BCUT2D eigenvalue weighted by Crippen LogP contribution is 2.47. The number of nitrogens with zero attached hydrogens (tertiary/aromatic N) is 2. The van der Waals surface area contributed by atoms with Gasteiger partial charge in [-0.15, -0.1) is 0 Å². The quantitative estimate of drug-likeness (QED) is 0.188. The van der Waals surface area contributed by atoms with Crippen LogP contribution in [0.15, 0.2) is 91.1 Å². The molecule has 13 heteroatoms. The van der Waals surface area contributed by atoms with Gasteiger partial charge in [-0.2, -0.15) is 13.2 Å². The number of nitrogens with two attached hydrogens (primary N) is 1. The average molecular weight is 647 g/mol. The van der Waals surface area contributed by atoms with Gasteiger partial charge in [-0.05, 0) is 67.6 Å². The number of hydrogen-bond donors (Lipinski definition) is 3. The number of benzene rings is 3. The lowest BCUT2D eigenvalue weighted by molar-refractivity contribution is -0.265. The van der Waals surface area contributed by atoms with E-state index in [1.807, 2.05) is 0 Å². The van der Waals surface area contributed by atoms with Gasteiger partial charge in [-0.25, -0.2) is 9.37 Å². The summed E-state index contributed by atoms with van der Waals surface area (Å²) in [4.78, 5) is 34.3. The Labute approximate surface area is 265 Å². The fourth-order valence-corrected chi connectivity index (χ4v) is 5.23. The second-order valence-corrected chi connectivity index (χ2v) is 11.2. The molecule has 0 unspecified atom stereocenters. The highest BCUT2D eigenvalue weighted by molar-refractivity contribution is 6.00. The molecule has 4 N–H and O–H groups in total. The summed E-state index contributed by atoms with van der Waals surface area (Å²) in [5.41, 5.74) is -0.373. The van der Waals surface area contributed by atoms with Crippen LogP contribution in [0.1, 0.15) is 28.5 Å². The normalized spacial score (nSPS) is 17.0. The minimum atomic E-state index is -5.38. The molecular formula is C34H26F4N4O5. The summed E-state index contributed by atoms with van der Waals surface area (Å²) in [6.45, 7) is -0.280.